The van der Waals surface area contributed by atoms with Gasteiger partial charge in [-0.05, 0) is 43.7 Å². The minimum absolute atomic E-state index is 0.0265. The molecule has 1 aromatic carbocycles. The summed E-state index contributed by atoms with van der Waals surface area (Å²) in [4.78, 5) is 25.1. The largest absolute Gasteiger partial charge is 0.493 e. The maximum absolute atomic E-state index is 12.7. The predicted octanol–water partition coefficient (Wildman–Crippen LogP) is 3.03. The molecular weight excluding hydrogens is 422 g/mol. The molecule has 4 rings (SSSR count). The van der Waals surface area contributed by atoms with E-state index in [2.05, 4.69) is 20.0 Å². The summed E-state index contributed by atoms with van der Waals surface area (Å²) in [6.45, 7) is 6.73. The third kappa shape index (κ3) is 5.31. The fourth-order valence-electron chi connectivity index (χ4n) is 3.62. The van der Waals surface area contributed by atoms with Crippen molar-refractivity contribution in [3.63, 3.8) is 0 Å². The lowest BCUT2D eigenvalue weighted by Crippen LogP contribution is -2.48. The van der Waals surface area contributed by atoms with Crippen molar-refractivity contribution in [1.29, 1.82) is 0 Å². The number of ether oxygens (including phenoxy) is 2. The van der Waals surface area contributed by atoms with Crippen molar-refractivity contribution in [2.45, 2.75) is 20.5 Å². The van der Waals surface area contributed by atoms with Gasteiger partial charge in [-0.3, -0.25) is 4.79 Å². The molecule has 0 atom stereocenters. The highest BCUT2D eigenvalue weighted by Crippen LogP contribution is 2.30. The molecule has 9 heteroatoms. The molecule has 1 aliphatic heterocycles. The van der Waals surface area contributed by atoms with Crippen LogP contribution < -0.4 is 14.4 Å². The molecule has 33 heavy (non-hydrogen) atoms. The summed E-state index contributed by atoms with van der Waals surface area (Å²) in [6, 6.07) is 7.36. The van der Waals surface area contributed by atoms with Gasteiger partial charge < -0.3 is 23.8 Å². The Bertz CT molecular complexity index is 1100. The number of amides is 1. The van der Waals surface area contributed by atoms with E-state index in [1.807, 2.05) is 36.9 Å². The zero-order chi connectivity index (χ0) is 23.2. The molecule has 1 aliphatic rings. The van der Waals surface area contributed by atoms with Crippen molar-refractivity contribution in [2.24, 2.45) is 0 Å². The van der Waals surface area contributed by atoms with E-state index < -0.39 is 0 Å². The van der Waals surface area contributed by atoms with Crippen molar-refractivity contribution >= 4 is 17.9 Å². The number of hydrogen-bond donors (Lipinski definition) is 0. The smallest absolute Gasteiger partial charge is 0.246 e. The molecular formula is C24H27N5O4. The van der Waals surface area contributed by atoms with Gasteiger partial charge in [-0.15, -0.1) is 0 Å². The average molecular weight is 450 g/mol. The van der Waals surface area contributed by atoms with Crippen LogP contribution in [0.2, 0.25) is 0 Å². The molecule has 0 saturated carbocycles. The molecule has 0 unspecified atom stereocenters. The van der Waals surface area contributed by atoms with Crippen molar-refractivity contribution < 1.29 is 18.8 Å². The first-order chi connectivity index (χ1) is 16.0. The zero-order valence-electron chi connectivity index (χ0n) is 19.0. The molecule has 2 aromatic heterocycles. The number of benzene rings is 1. The minimum atomic E-state index is -0.0265. The Morgan fingerprint density at radius 2 is 1.88 bits per heavy atom. The zero-order valence-corrected chi connectivity index (χ0v) is 19.0. The first kappa shape index (κ1) is 22.3. The molecule has 0 spiro atoms. The van der Waals surface area contributed by atoms with E-state index in [4.69, 9.17) is 14.0 Å². The van der Waals surface area contributed by atoms with E-state index in [0.29, 0.717) is 50.2 Å². The second-order valence-electron chi connectivity index (χ2n) is 7.70. The molecule has 172 valence electrons. The van der Waals surface area contributed by atoms with Gasteiger partial charge in [0.15, 0.2) is 11.5 Å². The predicted molar refractivity (Wildman–Crippen MR) is 123 cm³/mol. The van der Waals surface area contributed by atoms with Gasteiger partial charge in [0.2, 0.25) is 11.9 Å². The molecule has 1 amide bonds. The Balaban J connectivity index is 1.34. The van der Waals surface area contributed by atoms with E-state index in [1.165, 1.54) is 0 Å². The molecule has 0 bridgehead atoms. The SMILES string of the molecule is COc1cc(C=CC(=O)N2CCN(c3ncccn3)CC2)ccc1OCc1c(C)noc1C. The monoisotopic (exact) mass is 449 g/mol. The van der Waals surface area contributed by atoms with Crippen LogP contribution in [0, 0.1) is 13.8 Å². The first-order valence-corrected chi connectivity index (χ1v) is 10.8. The Morgan fingerprint density at radius 1 is 1.12 bits per heavy atom. The maximum Gasteiger partial charge on any atom is 0.246 e. The van der Waals surface area contributed by atoms with Crippen LogP contribution in [0.4, 0.5) is 5.95 Å². The number of hydrogen-bond acceptors (Lipinski definition) is 8. The number of carbonyl (C=O) groups excluding carboxylic acids is 1. The van der Waals surface area contributed by atoms with Crippen LogP contribution in [-0.2, 0) is 11.4 Å². The molecule has 3 heterocycles. The van der Waals surface area contributed by atoms with Gasteiger partial charge in [0.1, 0.15) is 12.4 Å². The van der Waals surface area contributed by atoms with E-state index >= 15 is 0 Å². The number of methoxy groups -OCH3 is 1. The highest BCUT2D eigenvalue weighted by atomic mass is 16.5. The number of nitrogens with zero attached hydrogens (tertiary/aromatic N) is 5. The molecule has 0 N–H and O–H groups in total. The summed E-state index contributed by atoms with van der Waals surface area (Å²) in [6.07, 6.45) is 6.83. The third-order valence-corrected chi connectivity index (χ3v) is 5.59. The van der Waals surface area contributed by atoms with Crippen LogP contribution in [0.15, 0.2) is 47.3 Å². The van der Waals surface area contributed by atoms with Crippen LogP contribution >= 0.6 is 0 Å². The third-order valence-electron chi connectivity index (χ3n) is 5.59. The minimum Gasteiger partial charge on any atom is -0.493 e. The first-order valence-electron chi connectivity index (χ1n) is 10.8. The number of piperazine rings is 1. The second kappa shape index (κ2) is 10.2. The summed E-state index contributed by atoms with van der Waals surface area (Å²) in [5, 5.41) is 3.94. The lowest BCUT2D eigenvalue weighted by atomic mass is 10.1. The van der Waals surface area contributed by atoms with Gasteiger partial charge in [-0.25, -0.2) is 9.97 Å². The summed E-state index contributed by atoms with van der Waals surface area (Å²) < 4.78 is 16.6. The highest BCUT2D eigenvalue weighted by Gasteiger charge is 2.21. The average Bonchev–Trinajstić information content (AvgIpc) is 3.18. The topological polar surface area (TPSA) is 93.8 Å². The summed E-state index contributed by atoms with van der Waals surface area (Å²) in [7, 11) is 1.59. The van der Waals surface area contributed by atoms with Crippen LogP contribution in [0.3, 0.4) is 0 Å². The van der Waals surface area contributed by atoms with Gasteiger partial charge in [-0.1, -0.05) is 11.2 Å². The number of aromatic nitrogens is 3. The summed E-state index contributed by atoms with van der Waals surface area (Å²) in [5.41, 5.74) is 2.58. The molecule has 1 saturated heterocycles. The van der Waals surface area contributed by atoms with Crippen LogP contribution in [-0.4, -0.2) is 59.2 Å². The van der Waals surface area contributed by atoms with E-state index in [0.717, 1.165) is 22.6 Å². The highest BCUT2D eigenvalue weighted by molar-refractivity contribution is 5.92. The van der Waals surface area contributed by atoms with Gasteiger partial charge in [0.05, 0.1) is 18.4 Å². The Morgan fingerprint density at radius 3 is 2.55 bits per heavy atom. The van der Waals surface area contributed by atoms with Crippen molar-refractivity contribution in [3.8, 4) is 11.5 Å². The normalized spacial score (nSPS) is 14.0. The van der Waals surface area contributed by atoms with Gasteiger partial charge >= 0.3 is 0 Å². The lowest BCUT2D eigenvalue weighted by Gasteiger charge is -2.34. The molecule has 1 fully saturated rings. The molecule has 3 aromatic rings. The van der Waals surface area contributed by atoms with Crippen molar-refractivity contribution in [3.05, 3.63) is 65.3 Å². The fraction of sp³-hybridized carbons (Fsp3) is 0.333. The van der Waals surface area contributed by atoms with Gasteiger partial charge in [0.25, 0.3) is 0 Å². The van der Waals surface area contributed by atoms with E-state index in [9.17, 15) is 4.79 Å². The molecule has 9 nitrogen and oxygen atoms in total. The van der Waals surface area contributed by atoms with Crippen LogP contribution in [0.25, 0.3) is 6.08 Å². The second-order valence-corrected chi connectivity index (χ2v) is 7.70. The van der Waals surface area contributed by atoms with E-state index in [-0.39, 0.29) is 5.91 Å². The number of anilines is 1. The van der Waals surface area contributed by atoms with Gasteiger partial charge in [-0.2, -0.15) is 0 Å². The van der Waals surface area contributed by atoms with Crippen LogP contribution in [0.1, 0.15) is 22.6 Å². The van der Waals surface area contributed by atoms with Crippen LogP contribution in [0.5, 0.6) is 11.5 Å². The van der Waals surface area contributed by atoms with Crippen molar-refractivity contribution in [2.75, 3.05) is 38.2 Å². The summed E-state index contributed by atoms with van der Waals surface area (Å²) >= 11 is 0. The lowest BCUT2D eigenvalue weighted by molar-refractivity contribution is -0.126. The molecule has 0 aliphatic carbocycles. The van der Waals surface area contributed by atoms with Crippen molar-refractivity contribution in [1.82, 2.24) is 20.0 Å². The standard InChI is InChI=1S/C24H27N5O4/c1-17-20(18(2)33-27-17)16-32-21-7-5-19(15-22(21)31-3)6-8-23(30)28-11-13-29(14-12-28)24-25-9-4-10-26-24/h4-10,15H,11-14,16H2,1-3H3. The Hall–Kier alpha value is -3.88. The number of rotatable bonds is 7. The summed E-state index contributed by atoms with van der Waals surface area (Å²) in [5.74, 6) is 2.61. The number of aryl methyl sites for hydroxylation is 2. The van der Waals surface area contributed by atoms with Gasteiger partial charge in [0, 0.05) is 44.6 Å². The maximum atomic E-state index is 12.7. The molecule has 0 radical (unpaired) electrons. The Kier molecular flexibility index (Phi) is 6.87. The Labute approximate surface area is 192 Å². The quantitative estimate of drug-likeness (QED) is 0.508. The number of carbonyl (C=O) groups is 1. The van der Waals surface area contributed by atoms with E-state index in [1.54, 1.807) is 37.7 Å². The fourth-order valence-corrected chi connectivity index (χ4v) is 3.62.